The second-order valence-corrected chi connectivity index (χ2v) is 5.83. The van der Waals surface area contributed by atoms with Gasteiger partial charge < -0.3 is 14.9 Å². The monoisotopic (exact) mass is 290 g/mol. The van der Waals surface area contributed by atoms with Crippen molar-refractivity contribution < 1.29 is 14.7 Å². The number of hydrogen-bond donors (Lipinski definition) is 1. The Hall–Kier alpha value is -2.04. The number of fused-ring (bicyclic) bond motifs is 1. The zero-order chi connectivity index (χ0) is 15.6. The first-order chi connectivity index (χ1) is 9.90. The number of carboxylic acids is 1. The fraction of sp³-hybridized carbons (Fsp3) is 0.500. The molecule has 0 saturated heterocycles. The summed E-state index contributed by atoms with van der Waals surface area (Å²) < 4.78 is 0. The highest BCUT2D eigenvalue weighted by atomic mass is 16.4. The molecule has 0 fully saturated rings. The average molecular weight is 290 g/mol. The first kappa shape index (κ1) is 15.4. The summed E-state index contributed by atoms with van der Waals surface area (Å²) >= 11 is 0. The summed E-state index contributed by atoms with van der Waals surface area (Å²) in [5.41, 5.74) is 2.01. The molecule has 1 unspecified atom stereocenters. The van der Waals surface area contributed by atoms with Gasteiger partial charge in [-0.1, -0.05) is 18.2 Å². The number of carbonyl (C=O) groups is 2. The van der Waals surface area contributed by atoms with Gasteiger partial charge >= 0.3 is 5.97 Å². The molecule has 0 radical (unpaired) electrons. The Bertz CT molecular complexity index is 542. The van der Waals surface area contributed by atoms with E-state index in [1.165, 1.54) is 0 Å². The third-order valence-corrected chi connectivity index (χ3v) is 4.07. The summed E-state index contributed by atoms with van der Waals surface area (Å²) in [6.45, 7) is 4.83. The fourth-order valence-electron chi connectivity index (χ4n) is 2.68. The molecule has 1 amide bonds. The molecule has 1 aromatic carbocycles. The van der Waals surface area contributed by atoms with Gasteiger partial charge in [-0.25, -0.2) is 0 Å². The van der Waals surface area contributed by atoms with E-state index >= 15 is 0 Å². The van der Waals surface area contributed by atoms with Crippen LogP contribution in [0.4, 0.5) is 5.69 Å². The van der Waals surface area contributed by atoms with Crippen molar-refractivity contribution in [2.24, 2.45) is 0 Å². The molecule has 1 aliphatic heterocycles. The minimum Gasteiger partial charge on any atom is -0.481 e. The van der Waals surface area contributed by atoms with E-state index in [1.54, 1.807) is 11.9 Å². The van der Waals surface area contributed by atoms with Gasteiger partial charge in [0.1, 0.15) is 0 Å². The largest absolute Gasteiger partial charge is 0.481 e. The smallest absolute Gasteiger partial charge is 0.304 e. The molecule has 114 valence electrons. The van der Waals surface area contributed by atoms with Crippen LogP contribution in [0.3, 0.4) is 0 Å². The summed E-state index contributed by atoms with van der Waals surface area (Å²) in [4.78, 5) is 27.0. The number of para-hydroxylation sites is 1. The van der Waals surface area contributed by atoms with Gasteiger partial charge in [0.25, 0.3) is 0 Å². The Morgan fingerprint density at radius 1 is 1.38 bits per heavy atom. The highest BCUT2D eigenvalue weighted by molar-refractivity contribution is 5.83. The molecule has 0 aliphatic carbocycles. The number of likely N-dealkylation sites (N-methyl/N-ethyl adjacent to an activating group) is 1. The van der Waals surface area contributed by atoms with Crippen molar-refractivity contribution in [1.82, 2.24) is 4.90 Å². The van der Waals surface area contributed by atoms with Crippen LogP contribution in [0.25, 0.3) is 0 Å². The van der Waals surface area contributed by atoms with Crippen LogP contribution in [0.1, 0.15) is 31.7 Å². The Morgan fingerprint density at radius 2 is 2.05 bits per heavy atom. The van der Waals surface area contributed by atoms with Crippen LogP contribution < -0.4 is 4.90 Å². The third kappa shape index (κ3) is 3.35. The quantitative estimate of drug-likeness (QED) is 0.900. The highest BCUT2D eigenvalue weighted by Crippen LogP contribution is 2.37. The summed E-state index contributed by atoms with van der Waals surface area (Å²) in [6, 6.07) is 7.91. The van der Waals surface area contributed by atoms with E-state index in [9.17, 15) is 9.59 Å². The van der Waals surface area contributed by atoms with Crippen LogP contribution in [0.15, 0.2) is 24.3 Å². The van der Waals surface area contributed by atoms with Crippen LogP contribution in [0.2, 0.25) is 0 Å². The van der Waals surface area contributed by atoms with Crippen LogP contribution >= 0.6 is 0 Å². The van der Waals surface area contributed by atoms with Gasteiger partial charge in [0.15, 0.2) is 0 Å². The van der Waals surface area contributed by atoms with Crippen molar-refractivity contribution in [3.63, 3.8) is 0 Å². The summed E-state index contributed by atoms with van der Waals surface area (Å²) in [5.74, 6) is -0.797. The zero-order valence-electron chi connectivity index (χ0n) is 12.7. The lowest BCUT2D eigenvalue weighted by atomic mass is 9.98. The van der Waals surface area contributed by atoms with Crippen molar-refractivity contribution in [2.75, 3.05) is 25.0 Å². The summed E-state index contributed by atoms with van der Waals surface area (Å²) in [5, 5.41) is 9.03. The van der Waals surface area contributed by atoms with Crippen molar-refractivity contribution in [3.05, 3.63) is 29.8 Å². The molecule has 0 spiro atoms. The van der Waals surface area contributed by atoms with E-state index < -0.39 is 5.97 Å². The molecule has 0 bridgehead atoms. The van der Waals surface area contributed by atoms with Crippen molar-refractivity contribution >= 4 is 17.6 Å². The van der Waals surface area contributed by atoms with Gasteiger partial charge in [-0.2, -0.15) is 0 Å². The van der Waals surface area contributed by atoms with Gasteiger partial charge in [0.05, 0.1) is 13.0 Å². The normalized spacial score (nSPS) is 17.0. The number of aliphatic carboxylic acids is 1. The lowest BCUT2D eigenvalue weighted by Gasteiger charge is -2.26. The Balaban J connectivity index is 2.15. The van der Waals surface area contributed by atoms with Crippen LogP contribution in [0.5, 0.6) is 0 Å². The zero-order valence-corrected chi connectivity index (χ0v) is 12.7. The van der Waals surface area contributed by atoms with Crippen LogP contribution in [0, 0.1) is 0 Å². The average Bonchev–Trinajstić information content (AvgIpc) is 2.75. The van der Waals surface area contributed by atoms with Gasteiger partial charge in [0, 0.05) is 31.2 Å². The predicted octanol–water partition coefficient (Wildman–Crippen LogP) is 1.93. The second kappa shape index (κ2) is 6.16. The molecule has 21 heavy (non-hydrogen) atoms. The van der Waals surface area contributed by atoms with Crippen molar-refractivity contribution in [1.29, 1.82) is 0 Å². The first-order valence-electron chi connectivity index (χ1n) is 7.21. The molecular formula is C16H22N2O3. The van der Waals surface area contributed by atoms with Gasteiger partial charge in [-0.05, 0) is 25.5 Å². The lowest BCUT2D eigenvalue weighted by Crippen LogP contribution is -2.41. The number of anilines is 1. The van der Waals surface area contributed by atoms with Crippen LogP contribution in [-0.4, -0.2) is 48.1 Å². The number of amides is 1. The minimum absolute atomic E-state index is 0.0455. The maximum Gasteiger partial charge on any atom is 0.304 e. The number of rotatable bonds is 5. The molecule has 0 saturated carbocycles. The minimum atomic E-state index is -0.803. The second-order valence-electron chi connectivity index (χ2n) is 5.83. The molecule has 1 N–H and O–H groups in total. The number of nitrogens with zero attached hydrogens (tertiary/aromatic N) is 2. The highest BCUT2D eigenvalue weighted by Gasteiger charge is 2.31. The molecule has 1 atom stereocenters. The molecule has 5 heteroatoms. The standard InChI is InChI=1S/C16H22N2O3/c1-11(2)17(3)15(19)10-18-9-12(8-16(20)21)13-6-4-5-7-14(13)18/h4-7,11-12H,8-10H2,1-3H3,(H,20,21). The third-order valence-electron chi connectivity index (χ3n) is 4.07. The topological polar surface area (TPSA) is 60.9 Å². The van der Waals surface area contributed by atoms with Gasteiger partial charge in [0.2, 0.25) is 5.91 Å². The lowest BCUT2D eigenvalue weighted by molar-refractivity contribution is -0.137. The molecule has 1 heterocycles. The summed E-state index contributed by atoms with van der Waals surface area (Å²) in [7, 11) is 1.80. The number of benzene rings is 1. The first-order valence-corrected chi connectivity index (χ1v) is 7.21. The van der Waals surface area contributed by atoms with E-state index in [2.05, 4.69) is 0 Å². The predicted molar refractivity (Wildman–Crippen MR) is 81.6 cm³/mol. The Kier molecular flexibility index (Phi) is 4.50. The molecule has 0 aromatic heterocycles. The summed E-state index contributed by atoms with van der Waals surface area (Å²) in [6.07, 6.45) is 0.0989. The molecule has 2 rings (SSSR count). The Morgan fingerprint density at radius 3 is 2.67 bits per heavy atom. The van der Waals surface area contributed by atoms with Crippen molar-refractivity contribution in [3.8, 4) is 0 Å². The molecular weight excluding hydrogens is 268 g/mol. The maximum atomic E-state index is 12.2. The number of hydrogen-bond acceptors (Lipinski definition) is 3. The molecule has 1 aliphatic rings. The van der Waals surface area contributed by atoms with E-state index in [0.717, 1.165) is 11.3 Å². The van der Waals surface area contributed by atoms with Gasteiger partial charge in [-0.3, -0.25) is 9.59 Å². The van der Waals surface area contributed by atoms with Crippen molar-refractivity contribution in [2.45, 2.75) is 32.2 Å². The number of carboxylic acid groups (broad SMARTS) is 1. The molecule has 5 nitrogen and oxygen atoms in total. The number of carbonyl (C=O) groups excluding carboxylic acids is 1. The Labute approximate surface area is 125 Å². The van der Waals surface area contributed by atoms with Gasteiger partial charge in [-0.15, -0.1) is 0 Å². The fourth-order valence-corrected chi connectivity index (χ4v) is 2.68. The van der Waals surface area contributed by atoms with E-state index in [4.69, 9.17) is 5.11 Å². The van der Waals surface area contributed by atoms with Crippen LogP contribution in [-0.2, 0) is 9.59 Å². The maximum absolute atomic E-state index is 12.2. The van der Waals surface area contributed by atoms with E-state index in [0.29, 0.717) is 13.1 Å². The van der Waals surface area contributed by atoms with E-state index in [1.807, 2.05) is 43.0 Å². The molecule has 1 aromatic rings. The SMILES string of the molecule is CC(C)N(C)C(=O)CN1CC(CC(=O)O)c2ccccc21. The van der Waals surface area contributed by atoms with E-state index in [-0.39, 0.29) is 24.3 Å².